The van der Waals surface area contributed by atoms with E-state index in [0.29, 0.717) is 12.3 Å². The zero-order chi connectivity index (χ0) is 11.4. The summed E-state index contributed by atoms with van der Waals surface area (Å²) in [6.07, 6.45) is 6.23. The number of aliphatic hydroxyl groups is 1. The predicted molar refractivity (Wildman–Crippen MR) is 61.2 cm³/mol. The molecule has 0 radical (unpaired) electrons. The number of hydrogen-bond donors (Lipinski definition) is 1. The van der Waals surface area contributed by atoms with Gasteiger partial charge in [0.1, 0.15) is 0 Å². The molecule has 0 saturated carbocycles. The summed E-state index contributed by atoms with van der Waals surface area (Å²) in [7, 11) is 0. The second kappa shape index (κ2) is 5.46. The molecule has 2 atom stereocenters. The van der Waals surface area contributed by atoms with Gasteiger partial charge in [-0.05, 0) is 31.2 Å². The summed E-state index contributed by atoms with van der Waals surface area (Å²) in [6.45, 7) is 4.60. The van der Waals surface area contributed by atoms with E-state index in [2.05, 4.69) is 12.0 Å². The number of hydrogen-bond acceptors (Lipinski definition) is 3. The number of aromatic nitrogens is 2. The molecule has 0 amide bonds. The molecule has 1 aromatic rings. The van der Waals surface area contributed by atoms with Crippen LogP contribution in [0.4, 0.5) is 0 Å². The van der Waals surface area contributed by atoms with Crippen LogP contribution in [0.3, 0.4) is 0 Å². The lowest BCUT2D eigenvalue weighted by molar-refractivity contribution is 0.128. The maximum atomic E-state index is 9.95. The van der Waals surface area contributed by atoms with E-state index in [1.165, 1.54) is 0 Å². The highest BCUT2D eigenvalue weighted by Gasteiger charge is 2.19. The van der Waals surface area contributed by atoms with Crippen LogP contribution in [-0.4, -0.2) is 34.2 Å². The second-order valence-electron chi connectivity index (χ2n) is 4.53. The number of aliphatic hydroxyl groups excluding tert-OH is 1. The first kappa shape index (κ1) is 11.6. The predicted octanol–water partition coefficient (Wildman–Crippen LogP) is 1.23. The smallest absolute Gasteiger partial charge is 0.0585 e. The van der Waals surface area contributed by atoms with Gasteiger partial charge in [0, 0.05) is 32.4 Å². The van der Waals surface area contributed by atoms with Gasteiger partial charge in [0.25, 0.3) is 0 Å². The van der Waals surface area contributed by atoms with E-state index in [1.54, 1.807) is 0 Å². The minimum Gasteiger partial charge on any atom is -0.393 e. The molecule has 0 aliphatic carbocycles. The van der Waals surface area contributed by atoms with Gasteiger partial charge in [0.2, 0.25) is 0 Å². The van der Waals surface area contributed by atoms with Crippen molar-refractivity contribution in [2.45, 2.75) is 38.8 Å². The lowest BCUT2D eigenvalue weighted by atomic mass is 9.98. The molecule has 0 bridgehead atoms. The number of aryl methyl sites for hydroxylation is 1. The quantitative estimate of drug-likeness (QED) is 0.818. The zero-order valence-corrected chi connectivity index (χ0v) is 9.80. The Labute approximate surface area is 96.2 Å². The van der Waals surface area contributed by atoms with Crippen LogP contribution in [0.25, 0.3) is 0 Å². The Morgan fingerprint density at radius 1 is 1.69 bits per heavy atom. The van der Waals surface area contributed by atoms with E-state index in [9.17, 15) is 5.11 Å². The summed E-state index contributed by atoms with van der Waals surface area (Å²) < 4.78 is 7.19. The van der Waals surface area contributed by atoms with Crippen LogP contribution in [0.5, 0.6) is 0 Å². The van der Waals surface area contributed by atoms with Crippen molar-refractivity contribution in [2.75, 3.05) is 13.2 Å². The first-order valence-electron chi connectivity index (χ1n) is 6.05. The third kappa shape index (κ3) is 3.06. The van der Waals surface area contributed by atoms with Crippen LogP contribution in [0.15, 0.2) is 12.4 Å². The molecule has 1 aliphatic heterocycles. The highest BCUT2D eigenvalue weighted by molar-refractivity contribution is 5.05. The highest BCUT2D eigenvalue weighted by atomic mass is 16.5. The maximum absolute atomic E-state index is 9.95. The van der Waals surface area contributed by atoms with E-state index >= 15 is 0 Å². The fraction of sp³-hybridized carbons (Fsp3) is 0.750. The van der Waals surface area contributed by atoms with Crippen molar-refractivity contribution in [1.29, 1.82) is 0 Å². The molecule has 1 aromatic heterocycles. The van der Waals surface area contributed by atoms with E-state index < -0.39 is 0 Å². The molecule has 1 aliphatic rings. The highest BCUT2D eigenvalue weighted by Crippen LogP contribution is 2.19. The van der Waals surface area contributed by atoms with E-state index in [1.807, 2.05) is 17.1 Å². The molecule has 2 rings (SSSR count). The van der Waals surface area contributed by atoms with Crippen molar-refractivity contribution < 1.29 is 9.84 Å². The fourth-order valence-electron chi connectivity index (χ4n) is 2.19. The monoisotopic (exact) mass is 224 g/mol. The van der Waals surface area contributed by atoms with Gasteiger partial charge in [-0.3, -0.25) is 4.68 Å². The van der Waals surface area contributed by atoms with Crippen LogP contribution in [-0.2, 0) is 17.7 Å². The summed E-state index contributed by atoms with van der Waals surface area (Å²) >= 11 is 0. The van der Waals surface area contributed by atoms with Gasteiger partial charge >= 0.3 is 0 Å². The molecule has 16 heavy (non-hydrogen) atoms. The SMILES string of the molecule is CCn1cc(CC(O)CC2CCOC2)cn1. The molecule has 90 valence electrons. The van der Waals surface area contributed by atoms with Gasteiger partial charge in [0.05, 0.1) is 12.3 Å². The number of nitrogens with zero attached hydrogens (tertiary/aromatic N) is 2. The van der Waals surface area contributed by atoms with Crippen molar-refractivity contribution in [2.24, 2.45) is 5.92 Å². The van der Waals surface area contributed by atoms with Crippen LogP contribution >= 0.6 is 0 Å². The van der Waals surface area contributed by atoms with Gasteiger partial charge in [-0.25, -0.2) is 0 Å². The summed E-state index contributed by atoms with van der Waals surface area (Å²) in [4.78, 5) is 0. The van der Waals surface area contributed by atoms with Gasteiger partial charge in [0.15, 0.2) is 0 Å². The average Bonchev–Trinajstić information content (AvgIpc) is 2.89. The lowest BCUT2D eigenvalue weighted by Gasteiger charge is -2.13. The maximum Gasteiger partial charge on any atom is 0.0585 e. The molecule has 4 heteroatoms. The van der Waals surface area contributed by atoms with E-state index in [-0.39, 0.29) is 6.10 Å². The molecule has 1 saturated heterocycles. The molecule has 0 aromatic carbocycles. The largest absolute Gasteiger partial charge is 0.393 e. The molecular weight excluding hydrogens is 204 g/mol. The zero-order valence-electron chi connectivity index (χ0n) is 9.80. The molecule has 0 spiro atoms. The molecule has 2 unspecified atom stereocenters. The number of ether oxygens (including phenoxy) is 1. The standard InChI is InChI=1S/C12H20N2O2/c1-2-14-8-11(7-13-14)6-12(15)5-10-3-4-16-9-10/h7-8,10,12,15H,2-6,9H2,1H3. The molecule has 4 nitrogen and oxygen atoms in total. The van der Waals surface area contributed by atoms with Crippen molar-refractivity contribution in [3.63, 3.8) is 0 Å². The topological polar surface area (TPSA) is 47.3 Å². The Hall–Kier alpha value is -0.870. The normalized spacial score (nSPS) is 22.5. The first-order valence-corrected chi connectivity index (χ1v) is 6.05. The van der Waals surface area contributed by atoms with Crippen molar-refractivity contribution in [3.8, 4) is 0 Å². The lowest BCUT2D eigenvalue weighted by Crippen LogP contribution is -2.16. The van der Waals surface area contributed by atoms with Gasteiger partial charge in [-0.1, -0.05) is 0 Å². The van der Waals surface area contributed by atoms with Crippen molar-refractivity contribution >= 4 is 0 Å². The summed E-state index contributed by atoms with van der Waals surface area (Å²) in [6, 6.07) is 0. The van der Waals surface area contributed by atoms with Gasteiger partial charge in [-0.2, -0.15) is 5.10 Å². The van der Waals surface area contributed by atoms with Crippen LogP contribution in [0, 0.1) is 5.92 Å². The van der Waals surface area contributed by atoms with Crippen LogP contribution in [0.2, 0.25) is 0 Å². The van der Waals surface area contributed by atoms with Crippen molar-refractivity contribution in [3.05, 3.63) is 18.0 Å². The number of rotatable bonds is 5. The molecule has 2 heterocycles. The van der Waals surface area contributed by atoms with E-state index in [0.717, 1.165) is 38.2 Å². The Balaban J connectivity index is 1.79. The van der Waals surface area contributed by atoms with E-state index in [4.69, 9.17) is 4.74 Å². The molecule has 1 fully saturated rings. The average molecular weight is 224 g/mol. The minimum absolute atomic E-state index is 0.263. The minimum atomic E-state index is -0.263. The van der Waals surface area contributed by atoms with Crippen LogP contribution in [0.1, 0.15) is 25.3 Å². The molecular formula is C12H20N2O2. The Morgan fingerprint density at radius 3 is 3.19 bits per heavy atom. The van der Waals surface area contributed by atoms with Crippen molar-refractivity contribution in [1.82, 2.24) is 9.78 Å². The Bertz CT molecular complexity index is 319. The third-order valence-corrected chi connectivity index (χ3v) is 3.11. The summed E-state index contributed by atoms with van der Waals surface area (Å²) in [5.41, 5.74) is 1.12. The fourth-order valence-corrected chi connectivity index (χ4v) is 2.19. The first-order chi connectivity index (χ1) is 7.78. The third-order valence-electron chi connectivity index (χ3n) is 3.11. The Kier molecular flexibility index (Phi) is 3.96. The van der Waals surface area contributed by atoms with Gasteiger partial charge < -0.3 is 9.84 Å². The van der Waals surface area contributed by atoms with Crippen LogP contribution < -0.4 is 0 Å². The molecule has 1 N–H and O–H groups in total. The van der Waals surface area contributed by atoms with Gasteiger partial charge in [-0.15, -0.1) is 0 Å². The summed E-state index contributed by atoms with van der Waals surface area (Å²) in [5.74, 6) is 0.538. The Morgan fingerprint density at radius 2 is 2.56 bits per heavy atom. The second-order valence-corrected chi connectivity index (χ2v) is 4.53. The summed E-state index contributed by atoms with van der Waals surface area (Å²) in [5, 5.41) is 14.2.